The van der Waals surface area contributed by atoms with E-state index in [1.165, 1.54) is 18.2 Å². The van der Waals surface area contributed by atoms with Gasteiger partial charge in [-0.3, -0.25) is 4.98 Å². The van der Waals surface area contributed by atoms with Crippen molar-refractivity contribution in [3.05, 3.63) is 59.9 Å². The molecule has 116 valence electrons. The van der Waals surface area contributed by atoms with Crippen molar-refractivity contribution in [3.63, 3.8) is 0 Å². The molecule has 0 radical (unpaired) electrons. The third-order valence-corrected chi connectivity index (χ3v) is 2.96. The number of benzene rings is 1. The molecule has 0 aliphatic heterocycles. The van der Waals surface area contributed by atoms with E-state index in [0.717, 1.165) is 6.07 Å². The Balaban J connectivity index is 2.07. The molecule has 0 spiro atoms. The molecule has 0 bridgehead atoms. The molecule has 2 N–H and O–H groups in total. The van der Waals surface area contributed by atoms with Crippen LogP contribution in [0.4, 0.5) is 23.7 Å². The summed E-state index contributed by atoms with van der Waals surface area (Å²) in [7, 11) is 0. The van der Waals surface area contributed by atoms with Crippen LogP contribution in [0.15, 0.2) is 48.7 Å². The van der Waals surface area contributed by atoms with Crippen LogP contribution in [0, 0.1) is 0 Å². The topological polar surface area (TPSA) is 54.0 Å². The van der Waals surface area contributed by atoms with Gasteiger partial charge in [-0.15, -0.1) is 0 Å². The van der Waals surface area contributed by atoms with Gasteiger partial charge in [-0.2, -0.15) is 13.2 Å². The fourth-order valence-electron chi connectivity index (χ4n) is 1.90. The number of nitrogens with zero attached hydrogens (tertiary/aromatic N) is 1. The van der Waals surface area contributed by atoms with Crippen molar-refractivity contribution in [1.82, 2.24) is 10.3 Å². The van der Waals surface area contributed by atoms with Crippen molar-refractivity contribution in [3.8, 4) is 0 Å². The molecular formula is C15H14F3N3O. The molecule has 0 aliphatic rings. The monoisotopic (exact) mass is 309 g/mol. The molecule has 2 aromatic rings. The molecule has 1 aromatic heterocycles. The number of anilines is 1. The number of hydrogen-bond acceptors (Lipinski definition) is 2. The molecule has 0 saturated carbocycles. The van der Waals surface area contributed by atoms with E-state index in [1.54, 1.807) is 31.3 Å². The molecule has 1 aromatic carbocycles. The second-order valence-electron chi connectivity index (χ2n) is 4.62. The largest absolute Gasteiger partial charge is 0.418 e. The van der Waals surface area contributed by atoms with Crippen molar-refractivity contribution < 1.29 is 18.0 Å². The van der Waals surface area contributed by atoms with Gasteiger partial charge in [0.05, 0.1) is 23.0 Å². The van der Waals surface area contributed by atoms with Gasteiger partial charge in [-0.25, -0.2) is 4.79 Å². The minimum absolute atomic E-state index is 0.291. The van der Waals surface area contributed by atoms with Crippen LogP contribution >= 0.6 is 0 Å². The lowest BCUT2D eigenvalue weighted by Crippen LogP contribution is -2.32. The number of nitrogens with one attached hydrogen (secondary N) is 2. The van der Waals surface area contributed by atoms with Crippen LogP contribution in [0.1, 0.15) is 24.2 Å². The zero-order chi connectivity index (χ0) is 16.2. The van der Waals surface area contributed by atoms with E-state index in [0.29, 0.717) is 5.69 Å². The molecule has 0 fully saturated rings. The average Bonchev–Trinajstić information content (AvgIpc) is 2.47. The Morgan fingerprint density at radius 3 is 2.45 bits per heavy atom. The van der Waals surface area contributed by atoms with Crippen molar-refractivity contribution in [1.29, 1.82) is 0 Å². The number of para-hydroxylation sites is 1. The molecule has 7 heteroatoms. The summed E-state index contributed by atoms with van der Waals surface area (Å²) in [6, 6.07) is 8.86. The second kappa shape index (κ2) is 6.46. The van der Waals surface area contributed by atoms with E-state index in [4.69, 9.17) is 0 Å². The van der Waals surface area contributed by atoms with Crippen LogP contribution < -0.4 is 10.6 Å². The summed E-state index contributed by atoms with van der Waals surface area (Å²) in [6.45, 7) is 1.69. The number of hydrogen-bond donors (Lipinski definition) is 2. The van der Waals surface area contributed by atoms with Gasteiger partial charge < -0.3 is 10.6 Å². The molecule has 1 atom stereocenters. The molecule has 4 nitrogen and oxygen atoms in total. The van der Waals surface area contributed by atoms with Crippen LogP contribution in [-0.2, 0) is 6.18 Å². The third-order valence-electron chi connectivity index (χ3n) is 2.96. The van der Waals surface area contributed by atoms with Crippen LogP contribution in [0.2, 0.25) is 0 Å². The third kappa shape index (κ3) is 3.97. The summed E-state index contributed by atoms with van der Waals surface area (Å²) in [4.78, 5) is 15.9. The highest BCUT2D eigenvalue weighted by Crippen LogP contribution is 2.34. The Labute approximate surface area is 125 Å². The second-order valence-corrected chi connectivity index (χ2v) is 4.62. The first-order valence-corrected chi connectivity index (χ1v) is 6.52. The number of carbonyl (C=O) groups is 1. The van der Waals surface area contributed by atoms with E-state index in [-0.39, 0.29) is 5.69 Å². The van der Waals surface area contributed by atoms with E-state index in [2.05, 4.69) is 15.6 Å². The standard InChI is InChI=1S/C15H14F3N3O/c1-10(12-7-4-5-9-19-12)20-14(22)21-13-8-3-2-6-11(13)15(16,17)18/h2-10H,1H3,(H2,20,21,22). The average molecular weight is 309 g/mol. The summed E-state index contributed by atoms with van der Waals surface area (Å²) in [5, 5.41) is 4.76. The highest BCUT2D eigenvalue weighted by atomic mass is 19.4. The zero-order valence-electron chi connectivity index (χ0n) is 11.7. The van der Waals surface area contributed by atoms with Crippen molar-refractivity contribution in [2.45, 2.75) is 19.1 Å². The van der Waals surface area contributed by atoms with Gasteiger partial charge in [0.2, 0.25) is 0 Å². The number of carbonyl (C=O) groups excluding carboxylic acids is 1. The quantitative estimate of drug-likeness (QED) is 0.901. The van der Waals surface area contributed by atoms with E-state index < -0.39 is 23.8 Å². The van der Waals surface area contributed by atoms with Gasteiger partial charge in [0.1, 0.15) is 0 Å². The molecule has 1 unspecified atom stereocenters. The number of halogens is 3. The predicted octanol–water partition coefficient (Wildman–Crippen LogP) is 3.98. The summed E-state index contributed by atoms with van der Waals surface area (Å²) in [5.41, 5.74) is -0.571. The maximum atomic E-state index is 12.8. The summed E-state index contributed by atoms with van der Waals surface area (Å²) in [6.07, 6.45) is -2.96. The van der Waals surface area contributed by atoms with Crippen LogP contribution in [0.5, 0.6) is 0 Å². The number of urea groups is 1. The molecule has 2 rings (SSSR count). The Morgan fingerprint density at radius 2 is 1.82 bits per heavy atom. The van der Waals surface area contributed by atoms with Crippen molar-refractivity contribution in [2.75, 3.05) is 5.32 Å². The number of amides is 2. The van der Waals surface area contributed by atoms with Gasteiger partial charge in [-0.1, -0.05) is 18.2 Å². The highest BCUT2D eigenvalue weighted by molar-refractivity contribution is 5.90. The maximum absolute atomic E-state index is 12.8. The molecule has 0 saturated heterocycles. The van der Waals surface area contributed by atoms with Crippen LogP contribution in [-0.4, -0.2) is 11.0 Å². The minimum Gasteiger partial charge on any atom is -0.330 e. The van der Waals surface area contributed by atoms with E-state index in [1.807, 2.05) is 0 Å². The first-order valence-electron chi connectivity index (χ1n) is 6.52. The predicted molar refractivity (Wildman–Crippen MR) is 76.3 cm³/mol. The Hall–Kier alpha value is -2.57. The number of rotatable bonds is 3. The Bertz CT molecular complexity index is 644. The number of pyridine rings is 1. The maximum Gasteiger partial charge on any atom is 0.418 e. The minimum atomic E-state index is -4.53. The molecule has 0 aliphatic carbocycles. The van der Waals surface area contributed by atoms with Gasteiger partial charge >= 0.3 is 12.2 Å². The fourth-order valence-corrected chi connectivity index (χ4v) is 1.90. The Kier molecular flexibility index (Phi) is 4.65. The zero-order valence-corrected chi connectivity index (χ0v) is 11.7. The Morgan fingerprint density at radius 1 is 1.14 bits per heavy atom. The molecule has 2 amide bonds. The summed E-state index contributed by atoms with van der Waals surface area (Å²) < 4.78 is 38.5. The van der Waals surface area contributed by atoms with Gasteiger partial charge in [-0.05, 0) is 31.2 Å². The van der Waals surface area contributed by atoms with Crippen LogP contribution in [0.3, 0.4) is 0 Å². The SMILES string of the molecule is CC(NC(=O)Nc1ccccc1C(F)(F)F)c1ccccn1. The number of aromatic nitrogens is 1. The van der Waals surface area contributed by atoms with Crippen molar-refractivity contribution in [2.24, 2.45) is 0 Å². The first kappa shape index (κ1) is 15.8. The summed E-state index contributed by atoms with van der Waals surface area (Å²) in [5.74, 6) is 0. The molecule has 1 heterocycles. The van der Waals surface area contributed by atoms with Crippen LogP contribution in [0.25, 0.3) is 0 Å². The van der Waals surface area contributed by atoms with E-state index in [9.17, 15) is 18.0 Å². The van der Waals surface area contributed by atoms with Crippen molar-refractivity contribution >= 4 is 11.7 Å². The fraction of sp³-hybridized carbons (Fsp3) is 0.200. The lowest BCUT2D eigenvalue weighted by molar-refractivity contribution is -0.136. The lowest BCUT2D eigenvalue weighted by atomic mass is 10.1. The van der Waals surface area contributed by atoms with Gasteiger partial charge in [0.25, 0.3) is 0 Å². The highest BCUT2D eigenvalue weighted by Gasteiger charge is 2.33. The van der Waals surface area contributed by atoms with Gasteiger partial charge in [0, 0.05) is 6.20 Å². The summed E-state index contributed by atoms with van der Waals surface area (Å²) >= 11 is 0. The normalized spacial score (nSPS) is 12.5. The number of alkyl halides is 3. The lowest BCUT2D eigenvalue weighted by Gasteiger charge is -2.16. The van der Waals surface area contributed by atoms with Gasteiger partial charge in [0.15, 0.2) is 0 Å². The van der Waals surface area contributed by atoms with E-state index >= 15 is 0 Å². The first-order chi connectivity index (χ1) is 10.4. The molecular weight excluding hydrogens is 295 g/mol. The molecule has 22 heavy (non-hydrogen) atoms. The smallest absolute Gasteiger partial charge is 0.330 e.